The number of aryl methyl sites for hydroxylation is 2. The Bertz CT molecular complexity index is 512. The second-order valence-electron chi connectivity index (χ2n) is 4.02. The Labute approximate surface area is 113 Å². The Morgan fingerprint density at radius 1 is 1.42 bits per heavy atom. The summed E-state index contributed by atoms with van der Waals surface area (Å²) in [7, 11) is 0. The number of nitrogens with two attached hydrogens (primary N) is 1. The molecule has 0 saturated heterocycles. The van der Waals surface area contributed by atoms with Crippen LogP contribution in [0.4, 0.5) is 0 Å². The zero-order valence-corrected chi connectivity index (χ0v) is 11.4. The topological polar surface area (TPSA) is 122 Å². The van der Waals surface area contributed by atoms with Gasteiger partial charge in [-0.1, -0.05) is 0 Å². The molecule has 0 aliphatic carbocycles. The SMILES string of the molecule is Cc1nc(C)c(C(=O)NC(CCC(N)=O)C(=O)O)s1. The Morgan fingerprint density at radius 3 is 2.47 bits per heavy atom. The number of hydrogen-bond acceptors (Lipinski definition) is 5. The molecule has 1 atom stereocenters. The summed E-state index contributed by atoms with van der Waals surface area (Å²) in [5.74, 6) is -2.31. The van der Waals surface area contributed by atoms with Gasteiger partial charge in [-0.05, 0) is 20.3 Å². The summed E-state index contributed by atoms with van der Waals surface area (Å²) in [6.07, 6.45) is -0.134. The van der Waals surface area contributed by atoms with E-state index >= 15 is 0 Å². The summed E-state index contributed by atoms with van der Waals surface area (Å²) in [6, 6.07) is -1.14. The largest absolute Gasteiger partial charge is 0.480 e. The van der Waals surface area contributed by atoms with Crippen LogP contribution in [0, 0.1) is 13.8 Å². The molecule has 0 aromatic carbocycles. The molecular weight excluding hydrogens is 270 g/mol. The minimum Gasteiger partial charge on any atom is -0.480 e. The molecule has 1 aromatic rings. The molecular formula is C11H15N3O4S. The van der Waals surface area contributed by atoms with E-state index < -0.39 is 23.8 Å². The molecule has 0 radical (unpaired) electrons. The first-order valence-electron chi connectivity index (χ1n) is 5.57. The number of primary amides is 1. The lowest BCUT2D eigenvalue weighted by Crippen LogP contribution is -2.41. The van der Waals surface area contributed by atoms with E-state index in [9.17, 15) is 14.4 Å². The van der Waals surface area contributed by atoms with Crippen LogP contribution in [-0.2, 0) is 9.59 Å². The van der Waals surface area contributed by atoms with Gasteiger partial charge in [0.25, 0.3) is 5.91 Å². The minimum absolute atomic E-state index is 0.0345. The van der Waals surface area contributed by atoms with Gasteiger partial charge in [0.15, 0.2) is 0 Å². The first-order chi connectivity index (χ1) is 8.81. The van der Waals surface area contributed by atoms with E-state index in [1.54, 1.807) is 13.8 Å². The van der Waals surface area contributed by atoms with Crippen molar-refractivity contribution in [3.8, 4) is 0 Å². The van der Waals surface area contributed by atoms with Crippen molar-refractivity contribution in [1.29, 1.82) is 0 Å². The first kappa shape index (κ1) is 15.1. The third kappa shape index (κ3) is 4.32. The van der Waals surface area contributed by atoms with Crippen molar-refractivity contribution < 1.29 is 19.5 Å². The number of carboxylic acid groups (broad SMARTS) is 1. The lowest BCUT2D eigenvalue weighted by Gasteiger charge is -2.13. The molecule has 0 bridgehead atoms. The Hall–Kier alpha value is -1.96. The molecule has 8 heteroatoms. The van der Waals surface area contributed by atoms with Crippen LogP contribution >= 0.6 is 11.3 Å². The van der Waals surface area contributed by atoms with Crippen molar-refractivity contribution in [2.75, 3.05) is 0 Å². The predicted octanol–water partition coefficient (Wildman–Crippen LogP) is 0.208. The van der Waals surface area contributed by atoms with Crippen molar-refractivity contribution >= 4 is 29.1 Å². The van der Waals surface area contributed by atoms with Crippen molar-refractivity contribution in [3.05, 3.63) is 15.6 Å². The molecule has 19 heavy (non-hydrogen) atoms. The number of carbonyl (C=O) groups is 3. The second kappa shape index (κ2) is 6.28. The number of carboxylic acids is 1. The monoisotopic (exact) mass is 285 g/mol. The number of hydrogen-bond donors (Lipinski definition) is 3. The van der Waals surface area contributed by atoms with Crippen LogP contribution in [0.5, 0.6) is 0 Å². The summed E-state index contributed by atoms with van der Waals surface area (Å²) in [6.45, 7) is 3.44. The van der Waals surface area contributed by atoms with Crippen LogP contribution < -0.4 is 11.1 Å². The summed E-state index contributed by atoms with van der Waals surface area (Å²) in [5.41, 5.74) is 5.51. The molecule has 0 fully saturated rings. The van der Waals surface area contributed by atoms with Gasteiger partial charge in [-0.25, -0.2) is 9.78 Å². The van der Waals surface area contributed by atoms with Crippen molar-refractivity contribution in [2.24, 2.45) is 5.73 Å². The molecule has 1 heterocycles. The minimum atomic E-state index is -1.20. The number of amides is 2. The Kier molecular flexibility index (Phi) is 4.99. The maximum absolute atomic E-state index is 11.9. The van der Waals surface area contributed by atoms with Gasteiger partial charge in [0.1, 0.15) is 10.9 Å². The Morgan fingerprint density at radius 2 is 2.05 bits per heavy atom. The fraction of sp³-hybridized carbons (Fsp3) is 0.455. The summed E-state index contributed by atoms with van der Waals surface area (Å²) in [5, 5.41) is 12.1. The van der Waals surface area contributed by atoms with Crippen LogP contribution in [0.15, 0.2) is 0 Å². The van der Waals surface area contributed by atoms with Crippen LogP contribution in [0.2, 0.25) is 0 Å². The smallest absolute Gasteiger partial charge is 0.326 e. The van der Waals surface area contributed by atoms with Gasteiger partial charge in [0.05, 0.1) is 10.7 Å². The van der Waals surface area contributed by atoms with Gasteiger partial charge < -0.3 is 16.2 Å². The molecule has 0 aliphatic heterocycles. The van der Waals surface area contributed by atoms with Gasteiger partial charge in [-0.3, -0.25) is 9.59 Å². The van der Waals surface area contributed by atoms with Gasteiger partial charge in [0, 0.05) is 6.42 Å². The van der Waals surface area contributed by atoms with Crippen molar-refractivity contribution in [1.82, 2.24) is 10.3 Å². The number of nitrogens with one attached hydrogen (secondary N) is 1. The van der Waals surface area contributed by atoms with E-state index in [2.05, 4.69) is 10.3 Å². The molecule has 7 nitrogen and oxygen atoms in total. The number of aliphatic carboxylic acids is 1. The molecule has 1 aromatic heterocycles. The normalized spacial score (nSPS) is 11.9. The van der Waals surface area contributed by atoms with Crippen LogP contribution in [0.3, 0.4) is 0 Å². The number of rotatable bonds is 6. The van der Waals surface area contributed by atoms with E-state index in [-0.39, 0.29) is 12.8 Å². The molecule has 1 rings (SSSR count). The van der Waals surface area contributed by atoms with Gasteiger partial charge in [-0.15, -0.1) is 11.3 Å². The fourth-order valence-corrected chi connectivity index (χ4v) is 2.33. The summed E-state index contributed by atoms with van der Waals surface area (Å²) in [4.78, 5) is 38.0. The number of nitrogens with zero attached hydrogens (tertiary/aromatic N) is 1. The van der Waals surface area contributed by atoms with Crippen molar-refractivity contribution in [2.45, 2.75) is 32.7 Å². The predicted molar refractivity (Wildman–Crippen MR) is 68.9 cm³/mol. The zero-order valence-electron chi connectivity index (χ0n) is 10.6. The maximum atomic E-state index is 11.9. The van der Waals surface area contributed by atoms with Crippen LogP contribution in [0.25, 0.3) is 0 Å². The van der Waals surface area contributed by atoms with Crippen LogP contribution in [-0.4, -0.2) is 33.9 Å². The highest BCUT2D eigenvalue weighted by atomic mass is 32.1. The number of aromatic nitrogens is 1. The van der Waals surface area contributed by atoms with E-state index in [0.29, 0.717) is 10.6 Å². The average molecular weight is 285 g/mol. The molecule has 2 amide bonds. The number of carbonyl (C=O) groups excluding carboxylic acids is 2. The van der Waals surface area contributed by atoms with E-state index in [0.717, 1.165) is 5.01 Å². The first-order valence-corrected chi connectivity index (χ1v) is 6.39. The third-order valence-corrected chi connectivity index (χ3v) is 3.46. The third-order valence-electron chi connectivity index (χ3n) is 2.39. The second-order valence-corrected chi connectivity index (χ2v) is 5.22. The lowest BCUT2D eigenvalue weighted by atomic mass is 10.1. The lowest BCUT2D eigenvalue weighted by molar-refractivity contribution is -0.139. The highest BCUT2D eigenvalue weighted by Gasteiger charge is 2.23. The molecule has 104 valence electrons. The molecule has 0 saturated carbocycles. The summed E-state index contributed by atoms with van der Waals surface area (Å²) >= 11 is 1.19. The van der Waals surface area contributed by atoms with Gasteiger partial charge in [0.2, 0.25) is 5.91 Å². The van der Waals surface area contributed by atoms with E-state index in [1.165, 1.54) is 11.3 Å². The molecule has 0 aliphatic rings. The number of thiazole rings is 1. The van der Waals surface area contributed by atoms with Crippen molar-refractivity contribution in [3.63, 3.8) is 0 Å². The Balaban J connectivity index is 2.74. The van der Waals surface area contributed by atoms with E-state index in [1.807, 2.05) is 0 Å². The zero-order chi connectivity index (χ0) is 14.6. The average Bonchev–Trinajstić information content (AvgIpc) is 2.62. The standard InChI is InChI=1S/C11H15N3O4S/c1-5-9(19-6(2)13-5)10(16)14-7(11(17)18)3-4-8(12)15/h7H,3-4H2,1-2H3,(H2,12,15)(H,14,16)(H,17,18). The fourth-order valence-electron chi connectivity index (χ4n) is 1.51. The van der Waals surface area contributed by atoms with Gasteiger partial charge >= 0.3 is 5.97 Å². The highest BCUT2D eigenvalue weighted by Crippen LogP contribution is 2.17. The summed E-state index contributed by atoms with van der Waals surface area (Å²) < 4.78 is 0. The maximum Gasteiger partial charge on any atom is 0.326 e. The molecule has 1 unspecified atom stereocenters. The molecule has 0 spiro atoms. The molecule has 4 N–H and O–H groups in total. The van der Waals surface area contributed by atoms with E-state index in [4.69, 9.17) is 10.8 Å². The quantitative estimate of drug-likeness (QED) is 0.689. The van der Waals surface area contributed by atoms with Gasteiger partial charge in [-0.2, -0.15) is 0 Å². The van der Waals surface area contributed by atoms with Crippen LogP contribution in [0.1, 0.15) is 33.2 Å². The highest BCUT2D eigenvalue weighted by molar-refractivity contribution is 7.13.